The van der Waals surface area contributed by atoms with Crippen LogP contribution in [0.5, 0.6) is 17.2 Å². The van der Waals surface area contributed by atoms with Crippen molar-refractivity contribution in [2.75, 3.05) is 14.2 Å². The summed E-state index contributed by atoms with van der Waals surface area (Å²) in [7, 11) is 4.70. The normalized spacial score (nSPS) is 11.0. The SMILES string of the molecule is COc1cc(OC)cc(-c2noc(-c3c(O)c4ccccc4n(C)c3=O)n2)c1. The van der Waals surface area contributed by atoms with Gasteiger partial charge in [-0.05, 0) is 24.3 Å². The number of fused-ring (bicyclic) bond motifs is 1. The Kier molecular flexibility index (Phi) is 4.23. The number of para-hydroxylation sites is 1. The van der Waals surface area contributed by atoms with Gasteiger partial charge in [0, 0.05) is 24.1 Å². The van der Waals surface area contributed by atoms with E-state index in [0.717, 1.165) is 0 Å². The molecule has 0 unspecified atom stereocenters. The minimum Gasteiger partial charge on any atom is -0.506 e. The van der Waals surface area contributed by atoms with Crippen LogP contribution in [0.25, 0.3) is 33.7 Å². The summed E-state index contributed by atoms with van der Waals surface area (Å²) in [6.07, 6.45) is 0. The summed E-state index contributed by atoms with van der Waals surface area (Å²) in [5.74, 6) is 1.09. The molecule has 8 nitrogen and oxygen atoms in total. The number of aryl methyl sites for hydroxylation is 1. The quantitative estimate of drug-likeness (QED) is 0.582. The molecule has 0 aliphatic carbocycles. The van der Waals surface area contributed by atoms with E-state index in [9.17, 15) is 9.90 Å². The zero-order valence-corrected chi connectivity index (χ0v) is 15.5. The van der Waals surface area contributed by atoms with Crippen molar-refractivity contribution in [2.45, 2.75) is 0 Å². The lowest BCUT2D eigenvalue weighted by molar-refractivity contribution is 0.394. The molecule has 0 aliphatic heterocycles. The molecular weight excluding hydrogens is 362 g/mol. The van der Waals surface area contributed by atoms with E-state index in [0.29, 0.717) is 28.0 Å². The molecule has 0 aliphatic rings. The Balaban J connectivity index is 1.88. The van der Waals surface area contributed by atoms with E-state index < -0.39 is 5.56 Å². The third-order valence-corrected chi connectivity index (χ3v) is 4.53. The van der Waals surface area contributed by atoms with Crippen molar-refractivity contribution < 1.29 is 19.1 Å². The van der Waals surface area contributed by atoms with Crippen LogP contribution >= 0.6 is 0 Å². The first-order valence-electron chi connectivity index (χ1n) is 8.41. The molecule has 4 aromatic rings. The summed E-state index contributed by atoms with van der Waals surface area (Å²) in [4.78, 5) is 17.1. The lowest BCUT2D eigenvalue weighted by Gasteiger charge is -2.09. The molecule has 0 fully saturated rings. The van der Waals surface area contributed by atoms with Crippen molar-refractivity contribution >= 4 is 10.9 Å². The lowest BCUT2D eigenvalue weighted by Crippen LogP contribution is -2.19. The van der Waals surface area contributed by atoms with Crippen molar-refractivity contribution in [1.29, 1.82) is 0 Å². The predicted molar refractivity (Wildman–Crippen MR) is 103 cm³/mol. The maximum absolute atomic E-state index is 12.8. The fourth-order valence-electron chi connectivity index (χ4n) is 3.05. The van der Waals surface area contributed by atoms with Gasteiger partial charge in [0.1, 0.15) is 22.8 Å². The van der Waals surface area contributed by atoms with Crippen LogP contribution in [0.4, 0.5) is 0 Å². The average Bonchev–Trinajstić information content (AvgIpc) is 3.21. The smallest absolute Gasteiger partial charge is 0.267 e. The number of aromatic hydroxyl groups is 1. The number of benzene rings is 2. The van der Waals surface area contributed by atoms with Gasteiger partial charge in [-0.2, -0.15) is 4.98 Å². The summed E-state index contributed by atoms with van der Waals surface area (Å²) >= 11 is 0. The van der Waals surface area contributed by atoms with Crippen LogP contribution in [0.15, 0.2) is 51.8 Å². The highest BCUT2D eigenvalue weighted by atomic mass is 16.5. The van der Waals surface area contributed by atoms with Crippen LogP contribution in [-0.2, 0) is 7.05 Å². The summed E-state index contributed by atoms with van der Waals surface area (Å²) in [5, 5.41) is 15.1. The Labute approximate surface area is 159 Å². The number of rotatable bonds is 4. The van der Waals surface area contributed by atoms with Gasteiger partial charge in [0.2, 0.25) is 5.82 Å². The number of pyridine rings is 1. The second kappa shape index (κ2) is 6.73. The third kappa shape index (κ3) is 2.75. The molecule has 0 atom stereocenters. The third-order valence-electron chi connectivity index (χ3n) is 4.53. The van der Waals surface area contributed by atoms with Crippen LogP contribution in [0, 0.1) is 0 Å². The van der Waals surface area contributed by atoms with Crippen molar-refractivity contribution in [1.82, 2.24) is 14.7 Å². The molecule has 0 bridgehead atoms. The fourth-order valence-corrected chi connectivity index (χ4v) is 3.05. The molecule has 4 rings (SSSR count). The molecule has 0 radical (unpaired) electrons. The van der Waals surface area contributed by atoms with Crippen molar-refractivity contribution in [2.24, 2.45) is 7.05 Å². The highest BCUT2D eigenvalue weighted by molar-refractivity contribution is 5.90. The van der Waals surface area contributed by atoms with Gasteiger partial charge in [0.05, 0.1) is 19.7 Å². The van der Waals surface area contributed by atoms with E-state index in [1.54, 1.807) is 49.5 Å². The minimum absolute atomic E-state index is 0.0465. The number of aromatic nitrogens is 3. The summed E-state index contributed by atoms with van der Waals surface area (Å²) in [6.45, 7) is 0. The number of ether oxygens (including phenoxy) is 2. The van der Waals surface area contributed by atoms with Gasteiger partial charge in [-0.1, -0.05) is 17.3 Å². The van der Waals surface area contributed by atoms with Gasteiger partial charge in [0.25, 0.3) is 11.4 Å². The van der Waals surface area contributed by atoms with Crippen LogP contribution in [0.2, 0.25) is 0 Å². The largest absolute Gasteiger partial charge is 0.506 e. The molecule has 28 heavy (non-hydrogen) atoms. The zero-order valence-electron chi connectivity index (χ0n) is 15.5. The highest BCUT2D eigenvalue weighted by Gasteiger charge is 2.22. The molecule has 0 amide bonds. The summed E-state index contributed by atoms with van der Waals surface area (Å²) < 4.78 is 17.2. The van der Waals surface area contributed by atoms with E-state index in [1.165, 1.54) is 18.8 Å². The molecule has 2 aromatic carbocycles. The molecule has 0 saturated carbocycles. The van der Waals surface area contributed by atoms with Gasteiger partial charge in [0.15, 0.2) is 0 Å². The van der Waals surface area contributed by atoms with Gasteiger partial charge >= 0.3 is 0 Å². The number of hydrogen-bond acceptors (Lipinski definition) is 7. The monoisotopic (exact) mass is 379 g/mol. The van der Waals surface area contributed by atoms with Gasteiger partial charge in [-0.3, -0.25) is 4.79 Å². The van der Waals surface area contributed by atoms with Crippen molar-refractivity contribution in [3.8, 4) is 40.1 Å². The standard InChI is InChI=1S/C20H17N3O5/c1-23-15-7-5-4-6-14(15)17(24)16(20(23)25)19-21-18(22-28-19)11-8-12(26-2)10-13(9-11)27-3/h4-10,24H,1-3H3. The first-order valence-corrected chi connectivity index (χ1v) is 8.41. The van der Waals surface area contributed by atoms with Gasteiger partial charge in [-0.15, -0.1) is 0 Å². The number of nitrogens with zero attached hydrogens (tertiary/aromatic N) is 3. The number of methoxy groups -OCH3 is 2. The van der Waals surface area contributed by atoms with E-state index in [4.69, 9.17) is 14.0 Å². The Morgan fingerprint density at radius 1 is 1.07 bits per heavy atom. The van der Waals surface area contributed by atoms with Crippen LogP contribution in [-0.4, -0.2) is 34.0 Å². The average molecular weight is 379 g/mol. The lowest BCUT2D eigenvalue weighted by atomic mass is 10.1. The van der Waals surface area contributed by atoms with Crippen molar-refractivity contribution in [3.05, 3.63) is 52.8 Å². The molecular formula is C20H17N3O5. The van der Waals surface area contributed by atoms with Crippen LogP contribution < -0.4 is 15.0 Å². The minimum atomic E-state index is -0.436. The van der Waals surface area contributed by atoms with E-state index >= 15 is 0 Å². The maximum Gasteiger partial charge on any atom is 0.267 e. The first-order chi connectivity index (χ1) is 13.5. The Morgan fingerprint density at radius 2 is 1.75 bits per heavy atom. The maximum atomic E-state index is 12.8. The highest BCUT2D eigenvalue weighted by Crippen LogP contribution is 2.34. The predicted octanol–water partition coefficient (Wildman–Crippen LogP) is 2.98. The summed E-state index contributed by atoms with van der Waals surface area (Å²) in [6, 6.07) is 12.2. The topological polar surface area (TPSA) is 99.6 Å². The fraction of sp³-hybridized carbons (Fsp3) is 0.150. The molecule has 0 saturated heterocycles. The molecule has 0 spiro atoms. The summed E-state index contributed by atoms with van der Waals surface area (Å²) in [5.41, 5.74) is 0.707. The molecule has 2 heterocycles. The van der Waals surface area contributed by atoms with Gasteiger partial charge < -0.3 is 23.7 Å². The Morgan fingerprint density at radius 3 is 2.43 bits per heavy atom. The second-order valence-corrected chi connectivity index (χ2v) is 6.13. The molecule has 1 N–H and O–H groups in total. The van der Waals surface area contributed by atoms with E-state index in [-0.39, 0.29) is 23.0 Å². The Bertz CT molecular complexity index is 1220. The molecule has 142 valence electrons. The number of hydrogen-bond donors (Lipinski definition) is 1. The van der Waals surface area contributed by atoms with Gasteiger partial charge in [-0.25, -0.2) is 0 Å². The van der Waals surface area contributed by atoms with Crippen LogP contribution in [0.1, 0.15) is 0 Å². The Hall–Kier alpha value is -3.81. The second-order valence-electron chi connectivity index (χ2n) is 6.13. The molecule has 2 aromatic heterocycles. The van der Waals surface area contributed by atoms with Crippen LogP contribution in [0.3, 0.4) is 0 Å². The first kappa shape index (κ1) is 17.6. The van der Waals surface area contributed by atoms with E-state index in [1.807, 2.05) is 0 Å². The van der Waals surface area contributed by atoms with E-state index in [2.05, 4.69) is 10.1 Å². The zero-order chi connectivity index (χ0) is 19.8. The van der Waals surface area contributed by atoms with Crippen molar-refractivity contribution in [3.63, 3.8) is 0 Å². The molecule has 8 heteroatoms.